The second kappa shape index (κ2) is 7.65. The second-order valence-electron chi connectivity index (χ2n) is 5.47. The van der Waals surface area contributed by atoms with Crippen molar-refractivity contribution in [2.45, 2.75) is 13.5 Å². The van der Waals surface area contributed by atoms with Gasteiger partial charge in [0.1, 0.15) is 17.2 Å². The lowest BCUT2D eigenvalue weighted by Crippen LogP contribution is -2.27. The summed E-state index contributed by atoms with van der Waals surface area (Å²) in [6, 6.07) is 8.17. The minimum atomic E-state index is -1.07. The van der Waals surface area contributed by atoms with Crippen LogP contribution in [0.5, 0.6) is 11.5 Å². The lowest BCUT2D eigenvalue weighted by molar-refractivity contribution is 0.0692. The van der Waals surface area contributed by atoms with Gasteiger partial charge in [-0.05, 0) is 31.2 Å². The molecule has 0 unspecified atom stereocenters. The van der Waals surface area contributed by atoms with Crippen LogP contribution < -0.4 is 9.47 Å². The highest BCUT2D eigenvalue weighted by Crippen LogP contribution is 2.25. The molecule has 0 bridgehead atoms. The average molecular weight is 344 g/mol. The normalized spacial score (nSPS) is 10.2. The summed E-state index contributed by atoms with van der Waals surface area (Å²) in [5.41, 5.74) is 1.39. The molecular formula is C18H20N2O5. The van der Waals surface area contributed by atoms with Crippen LogP contribution in [0.25, 0.3) is 0 Å². The maximum atomic E-state index is 12.6. The molecular weight excluding hydrogens is 324 g/mol. The lowest BCUT2D eigenvalue weighted by Gasteiger charge is -2.19. The van der Waals surface area contributed by atoms with E-state index in [-0.39, 0.29) is 17.2 Å². The number of pyridine rings is 1. The largest absolute Gasteiger partial charge is 0.497 e. The standard InChI is InChI=1S/C18H20N2O5/c1-11-14(18(22)23)7-8-15(19-11)17(21)20(2)10-12-5-6-13(24-3)9-16(12)25-4/h5-9H,10H2,1-4H3,(H,22,23). The van der Waals surface area contributed by atoms with Crippen molar-refractivity contribution in [3.8, 4) is 11.5 Å². The monoisotopic (exact) mass is 344 g/mol. The first-order valence-corrected chi connectivity index (χ1v) is 7.54. The van der Waals surface area contributed by atoms with E-state index in [9.17, 15) is 9.59 Å². The zero-order valence-electron chi connectivity index (χ0n) is 14.6. The second-order valence-corrected chi connectivity index (χ2v) is 5.47. The van der Waals surface area contributed by atoms with Crippen molar-refractivity contribution in [1.29, 1.82) is 0 Å². The minimum Gasteiger partial charge on any atom is -0.497 e. The van der Waals surface area contributed by atoms with Gasteiger partial charge in [-0.3, -0.25) is 4.79 Å². The number of carboxylic acid groups (broad SMARTS) is 1. The van der Waals surface area contributed by atoms with Crippen molar-refractivity contribution in [1.82, 2.24) is 9.88 Å². The maximum Gasteiger partial charge on any atom is 0.337 e. The lowest BCUT2D eigenvalue weighted by atomic mass is 10.1. The number of rotatable bonds is 6. The van der Waals surface area contributed by atoms with Gasteiger partial charge in [-0.1, -0.05) is 0 Å². The Morgan fingerprint density at radius 1 is 1.16 bits per heavy atom. The Hall–Kier alpha value is -3.09. The van der Waals surface area contributed by atoms with Gasteiger partial charge < -0.3 is 19.5 Å². The van der Waals surface area contributed by atoms with E-state index in [2.05, 4.69) is 4.98 Å². The van der Waals surface area contributed by atoms with Gasteiger partial charge in [0.25, 0.3) is 5.91 Å². The van der Waals surface area contributed by atoms with E-state index in [0.29, 0.717) is 23.7 Å². The van der Waals surface area contributed by atoms with E-state index >= 15 is 0 Å². The molecule has 0 aliphatic carbocycles. The van der Waals surface area contributed by atoms with Crippen LogP contribution in [0.2, 0.25) is 0 Å². The fourth-order valence-corrected chi connectivity index (χ4v) is 2.41. The number of hydrogen-bond donors (Lipinski definition) is 1. The van der Waals surface area contributed by atoms with Crippen LogP contribution in [-0.4, -0.2) is 48.1 Å². The molecule has 0 radical (unpaired) electrons. The topological polar surface area (TPSA) is 89.0 Å². The van der Waals surface area contributed by atoms with Crippen LogP contribution >= 0.6 is 0 Å². The summed E-state index contributed by atoms with van der Waals surface area (Å²) in [5.74, 6) is -0.0984. The molecule has 0 aliphatic rings. The maximum absolute atomic E-state index is 12.6. The van der Waals surface area contributed by atoms with Crippen LogP contribution in [0.3, 0.4) is 0 Å². The van der Waals surface area contributed by atoms with Crippen molar-refractivity contribution < 1.29 is 24.2 Å². The number of aryl methyl sites for hydroxylation is 1. The molecule has 0 fully saturated rings. The summed E-state index contributed by atoms with van der Waals surface area (Å²) in [7, 11) is 4.77. The van der Waals surface area contributed by atoms with Crippen LogP contribution in [0.15, 0.2) is 30.3 Å². The Morgan fingerprint density at radius 3 is 2.44 bits per heavy atom. The van der Waals surface area contributed by atoms with Crippen molar-refractivity contribution in [3.05, 3.63) is 52.8 Å². The molecule has 0 aliphatic heterocycles. The van der Waals surface area contributed by atoms with Gasteiger partial charge in [0, 0.05) is 25.2 Å². The molecule has 0 atom stereocenters. The molecule has 2 aromatic rings. The summed E-state index contributed by atoms with van der Waals surface area (Å²) < 4.78 is 10.5. The third-order valence-corrected chi connectivity index (χ3v) is 3.78. The van der Waals surface area contributed by atoms with E-state index < -0.39 is 5.97 Å². The van der Waals surface area contributed by atoms with E-state index in [0.717, 1.165) is 5.56 Å². The fourth-order valence-electron chi connectivity index (χ4n) is 2.41. The third-order valence-electron chi connectivity index (χ3n) is 3.78. The van der Waals surface area contributed by atoms with Gasteiger partial charge in [-0.2, -0.15) is 0 Å². The quantitative estimate of drug-likeness (QED) is 0.865. The summed E-state index contributed by atoms with van der Waals surface area (Å²) in [6.07, 6.45) is 0. The molecule has 1 aromatic carbocycles. The smallest absolute Gasteiger partial charge is 0.337 e. The van der Waals surface area contributed by atoms with Gasteiger partial charge in [0.05, 0.1) is 25.5 Å². The van der Waals surface area contributed by atoms with E-state index in [4.69, 9.17) is 14.6 Å². The first-order chi connectivity index (χ1) is 11.9. The molecule has 0 saturated heterocycles. The number of benzene rings is 1. The number of amides is 1. The number of carboxylic acids is 1. The zero-order valence-corrected chi connectivity index (χ0v) is 14.6. The Bertz CT molecular complexity index is 804. The van der Waals surface area contributed by atoms with Gasteiger partial charge in [0.15, 0.2) is 0 Å². The molecule has 7 heteroatoms. The molecule has 0 saturated carbocycles. The first kappa shape index (κ1) is 18.3. The molecule has 25 heavy (non-hydrogen) atoms. The number of ether oxygens (including phenoxy) is 2. The van der Waals surface area contributed by atoms with Crippen LogP contribution in [0.4, 0.5) is 0 Å². The molecule has 1 aromatic heterocycles. The van der Waals surface area contributed by atoms with Crippen molar-refractivity contribution in [3.63, 3.8) is 0 Å². The van der Waals surface area contributed by atoms with Crippen molar-refractivity contribution in [2.75, 3.05) is 21.3 Å². The number of carbonyl (C=O) groups excluding carboxylic acids is 1. The molecule has 2 rings (SSSR count). The molecule has 1 heterocycles. The van der Waals surface area contributed by atoms with Crippen LogP contribution in [0.1, 0.15) is 32.1 Å². The number of aromatic nitrogens is 1. The van der Waals surface area contributed by atoms with Crippen LogP contribution in [0, 0.1) is 6.92 Å². The summed E-state index contributed by atoms with van der Waals surface area (Å²) in [4.78, 5) is 29.2. The molecule has 132 valence electrons. The Balaban J connectivity index is 2.21. The summed E-state index contributed by atoms with van der Waals surface area (Å²) in [5, 5.41) is 9.04. The van der Waals surface area contributed by atoms with Gasteiger partial charge in [-0.15, -0.1) is 0 Å². The van der Waals surface area contributed by atoms with Crippen LogP contribution in [-0.2, 0) is 6.54 Å². The van der Waals surface area contributed by atoms with Crippen molar-refractivity contribution in [2.24, 2.45) is 0 Å². The zero-order chi connectivity index (χ0) is 18.6. The Labute approximate surface area is 145 Å². The van der Waals surface area contributed by atoms with E-state index in [1.165, 1.54) is 17.0 Å². The average Bonchev–Trinajstić information content (AvgIpc) is 2.60. The van der Waals surface area contributed by atoms with Crippen molar-refractivity contribution >= 4 is 11.9 Å². The number of methoxy groups -OCH3 is 2. The molecule has 1 N–H and O–H groups in total. The number of nitrogens with zero attached hydrogens (tertiary/aromatic N) is 2. The highest BCUT2D eigenvalue weighted by molar-refractivity contribution is 5.94. The number of carbonyl (C=O) groups is 2. The first-order valence-electron chi connectivity index (χ1n) is 7.54. The predicted octanol–water partition coefficient (Wildman–Crippen LogP) is 2.38. The van der Waals surface area contributed by atoms with Gasteiger partial charge in [0.2, 0.25) is 0 Å². The molecule has 1 amide bonds. The van der Waals surface area contributed by atoms with E-state index in [1.54, 1.807) is 40.3 Å². The summed E-state index contributed by atoms with van der Waals surface area (Å²) in [6.45, 7) is 1.88. The number of hydrogen-bond acceptors (Lipinski definition) is 5. The summed E-state index contributed by atoms with van der Waals surface area (Å²) >= 11 is 0. The Morgan fingerprint density at radius 2 is 1.88 bits per heavy atom. The SMILES string of the molecule is COc1ccc(CN(C)C(=O)c2ccc(C(=O)O)c(C)n2)c(OC)c1. The highest BCUT2D eigenvalue weighted by atomic mass is 16.5. The van der Waals surface area contributed by atoms with E-state index in [1.807, 2.05) is 6.07 Å². The van der Waals surface area contributed by atoms with Gasteiger partial charge in [-0.25, -0.2) is 9.78 Å². The Kier molecular flexibility index (Phi) is 5.59. The number of aromatic carboxylic acids is 1. The molecule has 7 nitrogen and oxygen atoms in total. The fraction of sp³-hybridized carbons (Fsp3) is 0.278. The minimum absolute atomic E-state index is 0.0797. The van der Waals surface area contributed by atoms with Gasteiger partial charge >= 0.3 is 5.97 Å². The third kappa shape index (κ3) is 4.06. The molecule has 0 spiro atoms. The predicted molar refractivity (Wildman–Crippen MR) is 91.3 cm³/mol. The highest BCUT2D eigenvalue weighted by Gasteiger charge is 2.18.